The van der Waals surface area contributed by atoms with Crippen LogP contribution in [0.4, 0.5) is 0 Å². The normalized spacial score (nSPS) is 28.3. The van der Waals surface area contributed by atoms with E-state index in [1.54, 1.807) is 6.07 Å². The third-order valence-electron chi connectivity index (χ3n) is 4.21. The number of methoxy groups -OCH3 is 1. The number of carbonyl (C=O) groups is 4. The molecular weight excluding hydrogens is 404 g/mol. The monoisotopic (exact) mass is 428 g/mol. The molecule has 1 aromatic heterocycles. The Morgan fingerprint density at radius 1 is 0.933 bits per heavy atom. The summed E-state index contributed by atoms with van der Waals surface area (Å²) >= 11 is 0. The molecule has 0 saturated carbocycles. The van der Waals surface area contributed by atoms with E-state index in [1.165, 1.54) is 26.4 Å². The summed E-state index contributed by atoms with van der Waals surface area (Å²) in [4.78, 5) is 46.8. The van der Waals surface area contributed by atoms with Crippen molar-refractivity contribution < 1.29 is 52.0 Å². The van der Waals surface area contributed by atoms with Gasteiger partial charge in [-0.15, -0.1) is 0 Å². The van der Waals surface area contributed by atoms with Crippen LogP contribution in [0.3, 0.4) is 0 Å². The van der Waals surface area contributed by atoms with Crippen molar-refractivity contribution in [3.63, 3.8) is 0 Å². The molecule has 5 atom stereocenters. The fraction of sp³-hybridized carbons (Fsp3) is 0.579. The molecular formula is C19H24O11. The maximum Gasteiger partial charge on any atom is 0.303 e. The smallest absolute Gasteiger partial charge is 0.303 e. The van der Waals surface area contributed by atoms with Crippen molar-refractivity contribution in [2.75, 3.05) is 13.7 Å². The van der Waals surface area contributed by atoms with E-state index in [2.05, 4.69) is 0 Å². The van der Waals surface area contributed by atoms with E-state index in [0.29, 0.717) is 0 Å². The van der Waals surface area contributed by atoms with Gasteiger partial charge in [0.15, 0.2) is 18.0 Å². The summed E-state index contributed by atoms with van der Waals surface area (Å²) < 4.78 is 38.1. The van der Waals surface area contributed by atoms with Gasteiger partial charge >= 0.3 is 23.9 Å². The maximum atomic E-state index is 11.9. The highest BCUT2D eigenvalue weighted by Gasteiger charge is 2.63. The minimum Gasteiger partial charge on any atom is -0.463 e. The molecule has 2 heterocycles. The van der Waals surface area contributed by atoms with E-state index < -0.39 is 54.1 Å². The Bertz CT molecular complexity index is 771. The van der Waals surface area contributed by atoms with Gasteiger partial charge in [-0.25, -0.2) is 0 Å². The zero-order valence-corrected chi connectivity index (χ0v) is 17.2. The van der Waals surface area contributed by atoms with Crippen LogP contribution in [0.15, 0.2) is 22.8 Å². The first-order chi connectivity index (χ1) is 14.1. The molecule has 1 saturated heterocycles. The second-order valence-electron chi connectivity index (χ2n) is 6.49. The summed E-state index contributed by atoms with van der Waals surface area (Å²) in [6.07, 6.45) is -3.89. The summed E-state index contributed by atoms with van der Waals surface area (Å²) in [5, 5.41) is 0. The molecule has 1 aliphatic heterocycles. The predicted octanol–water partition coefficient (Wildman–Crippen LogP) is 0.836. The highest BCUT2D eigenvalue weighted by molar-refractivity contribution is 5.69. The largest absolute Gasteiger partial charge is 0.463 e. The van der Waals surface area contributed by atoms with Crippen LogP contribution in [0, 0.1) is 0 Å². The lowest BCUT2D eigenvalue weighted by molar-refractivity contribution is -0.373. The Labute approximate surface area is 172 Å². The average molecular weight is 428 g/mol. The third-order valence-corrected chi connectivity index (χ3v) is 4.21. The van der Waals surface area contributed by atoms with Crippen molar-refractivity contribution in [2.24, 2.45) is 0 Å². The summed E-state index contributed by atoms with van der Waals surface area (Å²) in [5.41, 5.74) is 0. The van der Waals surface area contributed by atoms with Crippen LogP contribution in [0.1, 0.15) is 33.5 Å². The second kappa shape index (κ2) is 9.72. The molecule has 166 valence electrons. The van der Waals surface area contributed by atoms with Gasteiger partial charge in [0.25, 0.3) is 5.79 Å². The number of hydrogen-bond donors (Lipinski definition) is 0. The molecule has 30 heavy (non-hydrogen) atoms. The first kappa shape index (κ1) is 23.4. The van der Waals surface area contributed by atoms with E-state index in [-0.39, 0.29) is 12.4 Å². The summed E-state index contributed by atoms with van der Waals surface area (Å²) in [7, 11) is 1.26. The van der Waals surface area contributed by atoms with Crippen molar-refractivity contribution >= 4 is 23.9 Å². The lowest BCUT2D eigenvalue weighted by Gasteiger charge is -2.49. The van der Waals surface area contributed by atoms with Crippen molar-refractivity contribution in [1.82, 2.24) is 0 Å². The van der Waals surface area contributed by atoms with Crippen LogP contribution in [0.5, 0.6) is 0 Å². The van der Waals surface area contributed by atoms with Gasteiger partial charge in [-0.3, -0.25) is 19.2 Å². The zero-order valence-electron chi connectivity index (χ0n) is 17.2. The maximum absolute atomic E-state index is 11.9. The molecule has 11 nitrogen and oxygen atoms in total. The zero-order chi connectivity index (χ0) is 22.5. The van der Waals surface area contributed by atoms with Crippen molar-refractivity contribution in [2.45, 2.75) is 57.9 Å². The number of ether oxygens (including phenoxy) is 6. The van der Waals surface area contributed by atoms with Crippen molar-refractivity contribution in [3.05, 3.63) is 24.2 Å². The molecule has 0 bridgehead atoms. The van der Waals surface area contributed by atoms with Gasteiger partial charge in [-0.2, -0.15) is 0 Å². The highest BCUT2D eigenvalue weighted by atomic mass is 16.8. The topological polar surface area (TPSA) is 137 Å². The van der Waals surface area contributed by atoms with Gasteiger partial charge in [0.05, 0.1) is 6.26 Å². The first-order valence-corrected chi connectivity index (χ1v) is 9.02. The van der Waals surface area contributed by atoms with E-state index in [1.807, 2.05) is 0 Å². The molecule has 0 spiro atoms. The minimum atomic E-state index is -1.89. The van der Waals surface area contributed by atoms with Gasteiger partial charge in [0.1, 0.15) is 12.7 Å². The molecule has 11 heteroatoms. The van der Waals surface area contributed by atoms with Gasteiger partial charge in [0.2, 0.25) is 6.10 Å². The number of esters is 4. The van der Waals surface area contributed by atoms with Gasteiger partial charge in [-0.1, -0.05) is 0 Å². The van der Waals surface area contributed by atoms with Crippen LogP contribution in [0.2, 0.25) is 0 Å². The Hall–Kier alpha value is -2.92. The molecule has 0 aromatic carbocycles. The molecule has 0 amide bonds. The molecule has 0 unspecified atom stereocenters. The average Bonchev–Trinajstić information content (AvgIpc) is 3.18. The second-order valence-corrected chi connectivity index (χ2v) is 6.49. The van der Waals surface area contributed by atoms with E-state index in [4.69, 9.17) is 32.8 Å². The molecule has 1 aromatic rings. The lowest BCUT2D eigenvalue weighted by Crippen LogP contribution is -2.67. The fourth-order valence-corrected chi connectivity index (χ4v) is 3.21. The first-order valence-electron chi connectivity index (χ1n) is 9.02. The summed E-state index contributed by atoms with van der Waals surface area (Å²) in [6.45, 7) is 4.22. The molecule has 1 fully saturated rings. The van der Waals surface area contributed by atoms with Crippen LogP contribution in [-0.4, -0.2) is 62.0 Å². The lowest BCUT2D eigenvalue weighted by atomic mass is 9.90. The summed E-state index contributed by atoms with van der Waals surface area (Å²) in [5.74, 6) is -4.63. The van der Waals surface area contributed by atoms with Crippen LogP contribution in [0.25, 0.3) is 0 Å². The standard InChI is InChI=1S/C19H24O11/c1-10(20)26-9-14-16(27-11(2)21)17(28-12(3)22)18(29-13(4)23)19(24-5,30-14)15-7-6-8-25-15/h6-8,14,16-18H,9H2,1-5H3/t14-,16-,17+,18+,19+/m1/s1. The van der Waals surface area contributed by atoms with Crippen molar-refractivity contribution in [3.8, 4) is 0 Å². The Morgan fingerprint density at radius 3 is 2.00 bits per heavy atom. The van der Waals surface area contributed by atoms with E-state index >= 15 is 0 Å². The Kier molecular flexibility index (Phi) is 7.57. The van der Waals surface area contributed by atoms with E-state index in [0.717, 1.165) is 20.8 Å². The number of carbonyl (C=O) groups excluding carboxylic acids is 4. The SMILES string of the molecule is CO[C@@]1(c2ccco2)O[C@H](COC(C)=O)[C@@H](OC(C)=O)[C@H](OC(C)=O)[C@@H]1OC(C)=O. The molecule has 0 N–H and O–H groups in total. The summed E-state index contributed by atoms with van der Waals surface area (Å²) in [6, 6.07) is 3.05. The fourth-order valence-electron chi connectivity index (χ4n) is 3.21. The molecule has 0 aliphatic carbocycles. The van der Waals surface area contributed by atoms with Crippen LogP contribution >= 0.6 is 0 Å². The van der Waals surface area contributed by atoms with Crippen LogP contribution in [-0.2, 0) is 53.4 Å². The minimum absolute atomic E-state index is 0.0857. The quantitative estimate of drug-likeness (QED) is 0.451. The van der Waals surface area contributed by atoms with E-state index in [9.17, 15) is 19.2 Å². The Morgan fingerprint density at radius 2 is 1.53 bits per heavy atom. The third kappa shape index (κ3) is 5.16. The Balaban J connectivity index is 2.62. The van der Waals surface area contributed by atoms with Gasteiger partial charge < -0.3 is 32.8 Å². The van der Waals surface area contributed by atoms with Gasteiger partial charge in [-0.05, 0) is 12.1 Å². The number of hydrogen-bond acceptors (Lipinski definition) is 11. The molecule has 2 rings (SSSR count). The highest BCUT2D eigenvalue weighted by Crippen LogP contribution is 2.43. The number of furan rings is 1. The molecule has 0 radical (unpaired) electrons. The molecule has 1 aliphatic rings. The van der Waals surface area contributed by atoms with Gasteiger partial charge in [0, 0.05) is 34.8 Å². The predicted molar refractivity (Wildman–Crippen MR) is 95.6 cm³/mol. The number of rotatable bonds is 7. The van der Waals surface area contributed by atoms with Crippen molar-refractivity contribution in [1.29, 1.82) is 0 Å². The van der Waals surface area contributed by atoms with Crippen LogP contribution < -0.4 is 0 Å².